The average Bonchev–Trinajstić information content (AvgIpc) is 3.27. The van der Waals surface area contributed by atoms with Gasteiger partial charge in [-0.3, -0.25) is 0 Å². The van der Waals surface area contributed by atoms with Crippen LogP contribution in [0.4, 0.5) is 0 Å². The van der Waals surface area contributed by atoms with Gasteiger partial charge in [0.25, 0.3) is 0 Å². The van der Waals surface area contributed by atoms with E-state index in [1.54, 1.807) is 19.5 Å². The third-order valence-corrected chi connectivity index (χ3v) is 12.1. The highest BCUT2D eigenvalue weighted by molar-refractivity contribution is 7.67. The number of fused-ring (bicyclic) bond motifs is 3. The van der Waals surface area contributed by atoms with Gasteiger partial charge in [-0.05, 0) is 79.5 Å². The molecule has 2 aliphatic rings. The van der Waals surface area contributed by atoms with Crippen LogP contribution >= 0.6 is 7.92 Å². The maximum absolute atomic E-state index is 5.63. The maximum Gasteiger partial charge on any atom is 0.119 e. The number of methoxy groups -OCH3 is 2. The minimum absolute atomic E-state index is 0.217. The molecule has 0 spiro atoms. The summed E-state index contributed by atoms with van der Waals surface area (Å²) in [6, 6.07) is 22.4. The lowest BCUT2D eigenvalue weighted by Crippen LogP contribution is -2.28. The largest absolute Gasteiger partial charge is 0.497 e. The van der Waals surface area contributed by atoms with Crippen LogP contribution in [0.1, 0.15) is 64.2 Å². The Bertz CT molecular complexity index is 1270. The zero-order valence-electron chi connectivity index (χ0n) is 21.7. The van der Waals surface area contributed by atoms with Gasteiger partial charge in [-0.15, -0.1) is 0 Å². The molecular formula is C32H38NO2P. The van der Waals surface area contributed by atoms with Crippen molar-refractivity contribution in [3.05, 3.63) is 60.7 Å². The molecule has 188 valence electrons. The number of aromatic nitrogens is 1. The average molecular weight is 500 g/mol. The predicted molar refractivity (Wildman–Crippen MR) is 154 cm³/mol. The molecule has 0 bridgehead atoms. The summed E-state index contributed by atoms with van der Waals surface area (Å²) in [5, 5.41) is 4.06. The van der Waals surface area contributed by atoms with E-state index < -0.39 is 0 Å². The summed E-state index contributed by atoms with van der Waals surface area (Å²) in [5.41, 5.74) is 5.61. The molecule has 2 aliphatic carbocycles. The maximum atomic E-state index is 5.63. The summed E-state index contributed by atoms with van der Waals surface area (Å²) in [5.74, 6) is 1.79. The molecule has 1 heterocycles. The molecule has 36 heavy (non-hydrogen) atoms. The Labute approximate surface area is 216 Å². The van der Waals surface area contributed by atoms with Crippen LogP contribution in [-0.2, 0) is 0 Å². The van der Waals surface area contributed by atoms with Crippen LogP contribution in [0.3, 0.4) is 0 Å². The Balaban J connectivity index is 1.58. The zero-order valence-corrected chi connectivity index (χ0v) is 22.6. The molecule has 2 saturated carbocycles. The molecule has 0 aliphatic heterocycles. The summed E-state index contributed by atoms with van der Waals surface area (Å²) >= 11 is 0. The first kappa shape index (κ1) is 23.9. The SMILES string of the molecule is COc1ccc2c(c1)c1cc(OC)ccc1n2-c1ccccc1P(C1CCCCC1)C1CCCCC1. The molecule has 4 aromatic rings. The molecule has 2 fully saturated rings. The van der Waals surface area contributed by atoms with Crippen molar-refractivity contribution in [3.8, 4) is 17.2 Å². The molecule has 1 aromatic heterocycles. The van der Waals surface area contributed by atoms with E-state index >= 15 is 0 Å². The van der Waals surface area contributed by atoms with E-state index in [4.69, 9.17) is 9.47 Å². The van der Waals surface area contributed by atoms with Gasteiger partial charge < -0.3 is 14.0 Å². The van der Waals surface area contributed by atoms with Gasteiger partial charge in [-0.1, -0.05) is 64.6 Å². The fourth-order valence-electron chi connectivity index (χ4n) is 6.78. The third-order valence-electron chi connectivity index (χ3n) is 8.52. The molecule has 6 rings (SSSR count). The van der Waals surface area contributed by atoms with Gasteiger partial charge in [0, 0.05) is 16.1 Å². The third kappa shape index (κ3) is 4.30. The van der Waals surface area contributed by atoms with Gasteiger partial charge in [0.15, 0.2) is 0 Å². The second-order valence-corrected chi connectivity index (χ2v) is 13.3. The molecule has 0 saturated heterocycles. The second kappa shape index (κ2) is 10.5. The van der Waals surface area contributed by atoms with E-state index in [9.17, 15) is 0 Å². The van der Waals surface area contributed by atoms with Crippen molar-refractivity contribution >= 4 is 35.0 Å². The zero-order chi connectivity index (χ0) is 24.5. The van der Waals surface area contributed by atoms with Crippen LogP contribution in [0.5, 0.6) is 11.5 Å². The van der Waals surface area contributed by atoms with Crippen LogP contribution in [0, 0.1) is 0 Å². The quantitative estimate of drug-likeness (QED) is 0.248. The number of benzene rings is 3. The van der Waals surface area contributed by atoms with Crippen LogP contribution in [-0.4, -0.2) is 30.1 Å². The molecule has 0 radical (unpaired) electrons. The summed E-state index contributed by atoms with van der Waals surface area (Å²) in [6.45, 7) is 0. The fourth-order valence-corrected chi connectivity index (χ4v) is 10.7. The van der Waals surface area contributed by atoms with Gasteiger partial charge in [0.2, 0.25) is 0 Å². The van der Waals surface area contributed by atoms with Crippen molar-refractivity contribution in [2.75, 3.05) is 14.2 Å². The first-order valence-corrected chi connectivity index (χ1v) is 15.3. The van der Waals surface area contributed by atoms with Crippen LogP contribution in [0.2, 0.25) is 0 Å². The minimum atomic E-state index is -0.217. The first-order chi connectivity index (χ1) is 17.8. The number of rotatable bonds is 6. The Kier molecular flexibility index (Phi) is 6.94. The number of para-hydroxylation sites is 1. The Morgan fingerprint density at radius 2 is 1.14 bits per heavy atom. The molecule has 3 aromatic carbocycles. The molecule has 3 nitrogen and oxygen atoms in total. The summed E-state index contributed by atoms with van der Waals surface area (Å²) < 4.78 is 13.8. The van der Waals surface area contributed by atoms with Crippen LogP contribution in [0.15, 0.2) is 60.7 Å². The number of nitrogens with zero attached hydrogens (tertiary/aromatic N) is 1. The first-order valence-electron chi connectivity index (χ1n) is 13.8. The van der Waals surface area contributed by atoms with E-state index in [2.05, 4.69) is 65.2 Å². The van der Waals surface area contributed by atoms with Gasteiger partial charge in [0.1, 0.15) is 11.5 Å². The molecule has 0 unspecified atom stereocenters. The standard InChI is InChI=1S/C32H38NO2P/c1-34-23-17-19-29-27(21-23)28-22-24(35-2)18-20-30(28)33(29)31-15-9-10-16-32(31)36(25-11-5-3-6-12-25)26-13-7-4-8-14-26/h9-10,15-22,25-26H,3-8,11-14H2,1-2H3. The van der Waals surface area contributed by atoms with Crippen molar-refractivity contribution in [2.24, 2.45) is 0 Å². The Morgan fingerprint density at radius 3 is 1.64 bits per heavy atom. The van der Waals surface area contributed by atoms with Crippen molar-refractivity contribution in [1.29, 1.82) is 0 Å². The molecule has 4 heteroatoms. The highest BCUT2D eigenvalue weighted by Crippen LogP contribution is 2.56. The van der Waals surface area contributed by atoms with E-state index in [1.807, 2.05) is 0 Å². The fraction of sp³-hybridized carbons (Fsp3) is 0.438. The van der Waals surface area contributed by atoms with E-state index in [0.29, 0.717) is 0 Å². The van der Waals surface area contributed by atoms with E-state index in [1.165, 1.54) is 91.7 Å². The summed E-state index contributed by atoms with van der Waals surface area (Å²) in [4.78, 5) is 0. The topological polar surface area (TPSA) is 23.4 Å². The van der Waals surface area contributed by atoms with Crippen molar-refractivity contribution < 1.29 is 9.47 Å². The normalized spacial score (nSPS) is 17.8. The highest BCUT2D eigenvalue weighted by atomic mass is 31.1. The molecular weight excluding hydrogens is 461 g/mol. The predicted octanol–water partition coefficient (Wildman–Crippen LogP) is 8.57. The van der Waals surface area contributed by atoms with Crippen molar-refractivity contribution in [3.63, 3.8) is 0 Å². The smallest absolute Gasteiger partial charge is 0.119 e. The van der Waals surface area contributed by atoms with Gasteiger partial charge in [-0.2, -0.15) is 0 Å². The lowest BCUT2D eigenvalue weighted by atomic mass is 9.99. The summed E-state index contributed by atoms with van der Waals surface area (Å²) in [7, 11) is 3.28. The Morgan fingerprint density at radius 1 is 0.639 bits per heavy atom. The van der Waals surface area contributed by atoms with Crippen LogP contribution in [0.25, 0.3) is 27.5 Å². The van der Waals surface area contributed by atoms with E-state index in [-0.39, 0.29) is 7.92 Å². The summed E-state index contributed by atoms with van der Waals surface area (Å²) in [6.07, 6.45) is 14.1. The van der Waals surface area contributed by atoms with E-state index in [0.717, 1.165) is 22.8 Å². The molecule has 0 amide bonds. The van der Waals surface area contributed by atoms with Crippen molar-refractivity contribution in [2.45, 2.75) is 75.5 Å². The van der Waals surface area contributed by atoms with Crippen molar-refractivity contribution in [1.82, 2.24) is 4.57 Å². The number of ether oxygens (including phenoxy) is 2. The minimum Gasteiger partial charge on any atom is -0.497 e. The van der Waals surface area contributed by atoms with Crippen LogP contribution < -0.4 is 14.8 Å². The number of hydrogen-bond donors (Lipinski definition) is 0. The van der Waals surface area contributed by atoms with Gasteiger partial charge >= 0.3 is 0 Å². The second-order valence-electron chi connectivity index (χ2n) is 10.6. The number of hydrogen-bond acceptors (Lipinski definition) is 2. The molecule has 0 N–H and O–H groups in total. The lowest BCUT2D eigenvalue weighted by molar-refractivity contribution is 0.415. The Hall–Kier alpha value is -2.51. The monoisotopic (exact) mass is 499 g/mol. The highest BCUT2D eigenvalue weighted by Gasteiger charge is 2.34. The molecule has 0 atom stereocenters. The van der Waals surface area contributed by atoms with Gasteiger partial charge in [0.05, 0.1) is 30.9 Å². The lowest BCUT2D eigenvalue weighted by Gasteiger charge is -2.39. The van der Waals surface area contributed by atoms with Gasteiger partial charge in [-0.25, -0.2) is 0 Å².